The first kappa shape index (κ1) is 20.5. The normalized spacial score (nSPS) is 11.6. The van der Waals surface area contributed by atoms with Crippen LogP contribution in [0.4, 0.5) is 14.5 Å². The Hall–Kier alpha value is -1.84. The molecule has 0 atom stereocenters. The zero-order valence-electron chi connectivity index (χ0n) is 14.1. The summed E-state index contributed by atoms with van der Waals surface area (Å²) in [7, 11) is -3.75. The summed E-state index contributed by atoms with van der Waals surface area (Å²) in [5.74, 6) is -2.37. The van der Waals surface area contributed by atoms with Gasteiger partial charge in [0.05, 0.1) is 10.5 Å². The molecule has 0 bridgehead atoms. The van der Waals surface area contributed by atoms with Crippen LogP contribution in [0.1, 0.15) is 24.2 Å². The first-order valence-corrected chi connectivity index (χ1v) is 9.99. The van der Waals surface area contributed by atoms with Crippen LogP contribution >= 0.6 is 15.9 Å². The predicted octanol–water partition coefficient (Wildman–Crippen LogP) is 4.01. The fourth-order valence-electron chi connectivity index (χ4n) is 2.38. The predicted molar refractivity (Wildman–Crippen MR) is 98.6 cm³/mol. The van der Waals surface area contributed by atoms with Crippen molar-refractivity contribution < 1.29 is 22.0 Å². The Kier molecular flexibility index (Phi) is 6.48. The van der Waals surface area contributed by atoms with Gasteiger partial charge in [-0.2, -0.15) is 4.31 Å². The number of hydrogen-bond acceptors (Lipinski definition) is 3. The molecule has 0 radical (unpaired) electrons. The lowest BCUT2D eigenvalue weighted by Gasteiger charge is -2.19. The lowest BCUT2D eigenvalue weighted by Crippen LogP contribution is -2.30. The highest BCUT2D eigenvalue weighted by Crippen LogP contribution is 2.24. The number of nitrogens with zero attached hydrogens (tertiary/aromatic N) is 1. The van der Waals surface area contributed by atoms with E-state index < -0.39 is 27.6 Å². The average Bonchev–Trinajstić information content (AvgIpc) is 2.54. The van der Waals surface area contributed by atoms with Gasteiger partial charge in [0.2, 0.25) is 10.0 Å². The van der Waals surface area contributed by atoms with Crippen molar-refractivity contribution in [2.75, 3.05) is 18.4 Å². The third kappa shape index (κ3) is 4.46. The molecule has 0 aliphatic heterocycles. The second kappa shape index (κ2) is 8.24. The fourth-order valence-corrected chi connectivity index (χ4v) is 4.29. The van der Waals surface area contributed by atoms with Crippen LogP contribution in [0.25, 0.3) is 0 Å². The van der Waals surface area contributed by atoms with Crippen molar-refractivity contribution >= 4 is 37.5 Å². The van der Waals surface area contributed by atoms with Crippen LogP contribution in [0.15, 0.2) is 45.8 Å². The van der Waals surface area contributed by atoms with Crippen molar-refractivity contribution in [3.63, 3.8) is 0 Å². The number of nitrogens with one attached hydrogen (secondary N) is 1. The smallest absolute Gasteiger partial charge is 0.256 e. The molecular weight excluding hydrogens is 430 g/mol. The second-order valence-electron chi connectivity index (χ2n) is 5.34. The monoisotopic (exact) mass is 446 g/mol. The van der Waals surface area contributed by atoms with Crippen molar-refractivity contribution in [1.29, 1.82) is 0 Å². The molecule has 2 aromatic carbocycles. The van der Waals surface area contributed by atoms with Gasteiger partial charge in [-0.15, -0.1) is 0 Å². The molecule has 2 rings (SSSR count). The molecule has 1 amide bonds. The van der Waals surface area contributed by atoms with E-state index in [4.69, 9.17) is 0 Å². The summed E-state index contributed by atoms with van der Waals surface area (Å²) >= 11 is 3.19. The van der Waals surface area contributed by atoms with Gasteiger partial charge in [-0.05, 0) is 46.3 Å². The maximum absolute atomic E-state index is 13.3. The summed E-state index contributed by atoms with van der Waals surface area (Å²) in [6.45, 7) is 4.01. The third-order valence-corrected chi connectivity index (χ3v) is 6.38. The standard InChI is InChI=1S/C17H17BrF2N2O3S/c1-3-22(4-2)26(24,25)14-5-6-16(18)15(10-14)17(23)21-13-8-11(19)7-12(20)9-13/h5-10H,3-4H2,1-2H3,(H,21,23). The van der Waals surface area contributed by atoms with Crippen molar-refractivity contribution in [2.45, 2.75) is 18.7 Å². The van der Waals surface area contributed by atoms with Crippen LogP contribution in [0.3, 0.4) is 0 Å². The SMILES string of the molecule is CCN(CC)S(=O)(=O)c1ccc(Br)c(C(=O)Nc2cc(F)cc(F)c2)c1. The number of rotatable bonds is 6. The van der Waals surface area contributed by atoms with E-state index in [1.54, 1.807) is 13.8 Å². The molecule has 140 valence electrons. The van der Waals surface area contributed by atoms with Gasteiger partial charge in [0.15, 0.2) is 0 Å². The third-order valence-electron chi connectivity index (χ3n) is 3.65. The van der Waals surface area contributed by atoms with Crippen molar-refractivity contribution in [3.05, 3.63) is 58.1 Å². The summed E-state index contributed by atoms with van der Waals surface area (Å²) in [5.41, 5.74) is -0.0423. The summed E-state index contributed by atoms with van der Waals surface area (Å²) in [6, 6.07) is 6.66. The largest absolute Gasteiger partial charge is 0.322 e. The van der Waals surface area contributed by atoms with E-state index in [9.17, 15) is 22.0 Å². The van der Waals surface area contributed by atoms with Gasteiger partial charge in [-0.1, -0.05) is 13.8 Å². The quantitative estimate of drug-likeness (QED) is 0.728. The van der Waals surface area contributed by atoms with Crippen LogP contribution < -0.4 is 5.32 Å². The molecule has 0 saturated carbocycles. The summed E-state index contributed by atoms with van der Waals surface area (Å²) in [5, 5.41) is 2.36. The molecule has 0 saturated heterocycles. The zero-order chi connectivity index (χ0) is 19.5. The van der Waals surface area contributed by atoms with Gasteiger partial charge in [0.25, 0.3) is 5.91 Å². The van der Waals surface area contributed by atoms with Gasteiger partial charge in [0, 0.05) is 29.3 Å². The molecule has 5 nitrogen and oxygen atoms in total. The van der Waals surface area contributed by atoms with Crippen LogP contribution in [-0.2, 0) is 10.0 Å². The molecule has 0 unspecified atom stereocenters. The maximum Gasteiger partial charge on any atom is 0.256 e. The van der Waals surface area contributed by atoms with Crippen LogP contribution in [-0.4, -0.2) is 31.7 Å². The first-order chi connectivity index (χ1) is 12.2. The van der Waals surface area contributed by atoms with Gasteiger partial charge < -0.3 is 5.32 Å². The molecule has 1 N–H and O–H groups in total. The lowest BCUT2D eigenvalue weighted by molar-refractivity contribution is 0.102. The molecule has 26 heavy (non-hydrogen) atoms. The van der Waals surface area contributed by atoms with E-state index in [0.717, 1.165) is 12.1 Å². The Bertz CT molecular complexity index is 911. The van der Waals surface area contributed by atoms with E-state index in [2.05, 4.69) is 21.2 Å². The minimum atomic E-state index is -3.75. The Morgan fingerprint density at radius 2 is 1.65 bits per heavy atom. The maximum atomic E-state index is 13.3. The highest BCUT2D eigenvalue weighted by atomic mass is 79.9. The van der Waals surface area contributed by atoms with Crippen molar-refractivity contribution in [3.8, 4) is 0 Å². The topological polar surface area (TPSA) is 66.5 Å². The fraction of sp³-hybridized carbons (Fsp3) is 0.235. The first-order valence-electron chi connectivity index (χ1n) is 7.76. The zero-order valence-corrected chi connectivity index (χ0v) is 16.5. The molecule has 0 fully saturated rings. The molecule has 0 spiro atoms. The second-order valence-corrected chi connectivity index (χ2v) is 8.14. The van der Waals surface area contributed by atoms with E-state index >= 15 is 0 Å². The molecule has 9 heteroatoms. The Balaban J connectivity index is 2.39. The highest BCUT2D eigenvalue weighted by molar-refractivity contribution is 9.10. The molecule has 0 aliphatic carbocycles. The van der Waals surface area contributed by atoms with E-state index in [1.807, 2.05) is 0 Å². The molecule has 0 aliphatic rings. The number of anilines is 1. The number of sulfonamides is 1. The molecular formula is C17H17BrF2N2O3S. The van der Waals surface area contributed by atoms with Gasteiger partial charge in [-0.25, -0.2) is 17.2 Å². The van der Waals surface area contributed by atoms with E-state index in [0.29, 0.717) is 23.6 Å². The van der Waals surface area contributed by atoms with E-state index in [1.165, 1.54) is 22.5 Å². The highest BCUT2D eigenvalue weighted by Gasteiger charge is 2.24. The summed E-state index contributed by atoms with van der Waals surface area (Å²) in [4.78, 5) is 12.4. The van der Waals surface area contributed by atoms with Crippen molar-refractivity contribution in [1.82, 2.24) is 4.31 Å². The Morgan fingerprint density at radius 1 is 1.08 bits per heavy atom. The van der Waals surface area contributed by atoms with Crippen LogP contribution in [0.5, 0.6) is 0 Å². The number of halogens is 3. The van der Waals surface area contributed by atoms with Crippen LogP contribution in [0, 0.1) is 11.6 Å². The minimum absolute atomic E-state index is 0.0305. The Morgan fingerprint density at radius 3 is 2.19 bits per heavy atom. The molecule has 0 aromatic heterocycles. The van der Waals surface area contributed by atoms with Gasteiger partial charge in [-0.3, -0.25) is 4.79 Å². The number of carbonyl (C=O) groups excluding carboxylic acids is 1. The van der Waals surface area contributed by atoms with Gasteiger partial charge in [0.1, 0.15) is 11.6 Å². The number of hydrogen-bond donors (Lipinski definition) is 1. The van der Waals surface area contributed by atoms with Crippen LogP contribution in [0.2, 0.25) is 0 Å². The Labute approximate surface area is 159 Å². The minimum Gasteiger partial charge on any atom is -0.322 e. The lowest BCUT2D eigenvalue weighted by atomic mass is 10.2. The number of benzene rings is 2. The molecule has 2 aromatic rings. The van der Waals surface area contributed by atoms with Gasteiger partial charge >= 0.3 is 0 Å². The van der Waals surface area contributed by atoms with E-state index in [-0.39, 0.29) is 16.1 Å². The number of amides is 1. The van der Waals surface area contributed by atoms with Crippen molar-refractivity contribution in [2.24, 2.45) is 0 Å². The molecule has 0 heterocycles. The summed E-state index contributed by atoms with van der Waals surface area (Å²) < 4.78 is 53.4. The number of carbonyl (C=O) groups is 1. The average molecular weight is 447 g/mol. The summed E-state index contributed by atoms with van der Waals surface area (Å²) in [6.07, 6.45) is 0.